The van der Waals surface area contributed by atoms with E-state index in [9.17, 15) is 4.79 Å². The molecule has 0 bridgehead atoms. The third-order valence-electron chi connectivity index (χ3n) is 2.43. The SMILES string of the molecule is CC(=O)Cc1ccc(-c2ccc(C)o2)cc1. The number of ketones is 1. The topological polar surface area (TPSA) is 30.2 Å². The predicted octanol–water partition coefficient (Wildman–Crippen LogP) is 3.39. The summed E-state index contributed by atoms with van der Waals surface area (Å²) in [6, 6.07) is 11.8. The fourth-order valence-corrected chi connectivity index (χ4v) is 1.66. The van der Waals surface area contributed by atoms with Crippen molar-refractivity contribution in [3.63, 3.8) is 0 Å². The molecular weight excluding hydrogens is 200 g/mol. The second-order valence-electron chi connectivity index (χ2n) is 3.99. The molecule has 0 aliphatic heterocycles. The third kappa shape index (κ3) is 2.40. The van der Waals surface area contributed by atoms with Crippen LogP contribution in [0.2, 0.25) is 0 Å². The second kappa shape index (κ2) is 4.35. The van der Waals surface area contributed by atoms with Crippen LogP contribution in [-0.4, -0.2) is 5.78 Å². The van der Waals surface area contributed by atoms with E-state index in [0.29, 0.717) is 6.42 Å². The van der Waals surface area contributed by atoms with Crippen molar-refractivity contribution < 1.29 is 9.21 Å². The molecule has 0 aliphatic rings. The molecule has 1 aromatic carbocycles. The van der Waals surface area contributed by atoms with Gasteiger partial charge in [0.2, 0.25) is 0 Å². The van der Waals surface area contributed by atoms with Crippen molar-refractivity contribution in [1.29, 1.82) is 0 Å². The molecule has 2 aromatic rings. The Morgan fingerprint density at radius 2 is 1.81 bits per heavy atom. The van der Waals surface area contributed by atoms with Crippen LogP contribution in [0.25, 0.3) is 11.3 Å². The molecule has 0 aliphatic carbocycles. The molecule has 2 heteroatoms. The first-order valence-electron chi connectivity index (χ1n) is 5.30. The van der Waals surface area contributed by atoms with Gasteiger partial charge in [-0.15, -0.1) is 0 Å². The molecule has 0 atom stereocenters. The van der Waals surface area contributed by atoms with Gasteiger partial charge in [-0.05, 0) is 31.5 Å². The number of rotatable bonds is 3. The Hall–Kier alpha value is -1.83. The molecule has 0 unspecified atom stereocenters. The minimum absolute atomic E-state index is 0.182. The molecule has 0 radical (unpaired) electrons. The summed E-state index contributed by atoms with van der Waals surface area (Å²) in [6.45, 7) is 3.53. The molecule has 2 nitrogen and oxygen atoms in total. The Morgan fingerprint density at radius 1 is 1.12 bits per heavy atom. The van der Waals surface area contributed by atoms with E-state index in [1.165, 1.54) is 0 Å². The van der Waals surface area contributed by atoms with Gasteiger partial charge in [-0.3, -0.25) is 4.79 Å². The summed E-state index contributed by atoms with van der Waals surface area (Å²) < 4.78 is 5.52. The quantitative estimate of drug-likeness (QED) is 0.784. The molecule has 0 amide bonds. The molecule has 16 heavy (non-hydrogen) atoms. The first-order chi connectivity index (χ1) is 7.65. The van der Waals surface area contributed by atoms with E-state index in [4.69, 9.17) is 4.42 Å². The van der Waals surface area contributed by atoms with Crippen LogP contribution in [0.5, 0.6) is 0 Å². The Bertz CT molecular complexity index is 492. The molecule has 0 N–H and O–H groups in total. The maximum Gasteiger partial charge on any atom is 0.134 e. The van der Waals surface area contributed by atoms with Crippen LogP contribution in [0.4, 0.5) is 0 Å². The van der Waals surface area contributed by atoms with E-state index >= 15 is 0 Å². The highest BCUT2D eigenvalue weighted by Gasteiger charge is 2.03. The number of hydrogen-bond donors (Lipinski definition) is 0. The first-order valence-corrected chi connectivity index (χ1v) is 5.30. The molecule has 82 valence electrons. The molecule has 0 fully saturated rings. The lowest BCUT2D eigenvalue weighted by molar-refractivity contribution is -0.116. The standard InChI is InChI=1S/C14H14O2/c1-10(15)9-12-4-6-13(7-5-12)14-8-3-11(2)16-14/h3-8H,9H2,1-2H3. The maximum absolute atomic E-state index is 11.0. The van der Waals surface area contributed by atoms with Crippen LogP contribution < -0.4 is 0 Å². The number of Topliss-reactive ketones (excluding diaryl/α,β-unsaturated/α-hetero) is 1. The van der Waals surface area contributed by atoms with Crippen molar-refractivity contribution in [3.8, 4) is 11.3 Å². The Morgan fingerprint density at radius 3 is 2.31 bits per heavy atom. The van der Waals surface area contributed by atoms with E-state index in [0.717, 1.165) is 22.6 Å². The lowest BCUT2D eigenvalue weighted by Crippen LogP contribution is -1.95. The van der Waals surface area contributed by atoms with Crippen molar-refractivity contribution in [1.82, 2.24) is 0 Å². The maximum atomic E-state index is 11.0. The predicted molar refractivity (Wildman–Crippen MR) is 63.3 cm³/mol. The van der Waals surface area contributed by atoms with Gasteiger partial charge in [0.05, 0.1) is 0 Å². The Kier molecular flexibility index (Phi) is 2.91. The van der Waals surface area contributed by atoms with Gasteiger partial charge >= 0.3 is 0 Å². The normalized spacial score (nSPS) is 10.4. The molecule has 1 heterocycles. The van der Waals surface area contributed by atoms with Gasteiger partial charge in [0.15, 0.2) is 0 Å². The summed E-state index contributed by atoms with van der Waals surface area (Å²) in [6.07, 6.45) is 0.497. The molecule has 0 saturated carbocycles. The second-order valence-corrected chi connectivity index (χ2v) is 3.99. The van der Waals surface area contributed by atoms with Crippen LogP contribution in [0.1, 0.15) is 18.2 Å². The minimum Gasteiger partial charge on any atom is -0.461 e. The summed E-state index contributed by atoms with van der Waals surface area (Å²) in [7, 11) is 0. The molecule has 2 rings (SSSR count). The zero-order chi connectivity index (χ0) is 11.5. The fraction of sp³-hybridized carbons (Fsp3) is 0.214. The highest BCUT2D eigenvalue weighted by molar-refractivity contribution is 5.78. The van der Waals surface area contributed by atoms with E-state index in [1.54, 1.807) is 6.92 Å². The zero-order valence-corrected chi connectivity index (χ0v) is 9.49. The zero-order valence-electron chi connectivity index (χ0n) is 9.49. The van der Waals surface area contributed by atoms with Crippen LogP contribution in [0.3, 0.4) is 0 Å². The molecule has 0 saturated heterocycles. The number of benzene rings is 1. The van der Waals surface area contributed by atoms with Crippen LogP contribution in [-0.2, 0) is 11.2 Å². The largest absolute Gasteiger partial charge is 0.461 e. The van der Waals surface area contributed by atoms with Gasteiger partial charge in [-0.25, -0.2) is 0 Å². The van der Waals surface area contributed by atoms with Gasteiger partial charge in [-0.2, -0.15) is 0 Å². The first kappa shape index (κ1) is 10.7. The third-order valence-corrected chi connectivity index (χ3v) is 2.43. The van der Waals surface area contributed by atoms with E-state index in [-0.39, 0.29) is 5.78 Å². The molecular formula is C14H14O2. The monoisotopic (exact) mass is 214 g/mol. The van der Waals surface area contributed by atoms with Gasteiger partial charge in [-0.1, -0.05) is 24.3 Å². The summed E-state index contributed by atoms with van der Waals surface area (Å²) in [4.78, 5) is 11.0. The number of carbonyl (C=O) groups excluding carboxylic acids is 1. The van der Waals surface area contributed by atoms with Gasteiger partial charge in [0.25, 0.3) is 0 Å². The summed E-state index contributed by atoms with van der Waals surface area (Å²) in [5.74, 6) is 1.95. The van der Waals surface area contributed by atoms with Crippen molar-refractivity contribution in [2.24, 2.45) is 0 Å². The van der Waals surface area contributed by atoms with E-state index in [2.05, 4.69) is 0 Å². The minimum atomic E-state index is 0.182. The highest BCUT2D eigenvalue weighted by Crippen LogP contribution is 2.22. The van der Waals surface area contributed by atoms with Crippen LogP contribution in [0, 0.1) is 6.92 Å². The van der Waals surface area contributed by atoms with Crippen molar-refractivity contribution in [2.45, 2.75) is 20.3 Å². The van der Waals surface area contributed by atoms with Crippen molar-refractivity contribution in [2.75, 3.05) is 0 Å². The lowest BCUT2D eigenvalue weighted by Gasteiger charge is -2.00. The fourth-order valence-electron chi connectivity index (χ4n) is 1.66. The molecule has 0 spiro atoms. The number of hydrogen-bond acceptors (Lipinski definition) is 2. The Labute approximate surface area is 94.9 Å². The average Bonchev–Trinajstić information content (AvgIpc) is 2.65. The van der Waals surface area contributed by atoms with Gasteiger partial charge in [0, 0.05) is 12.0 Å². The van der Waals surface area contributed by atoms with Gasteiger partial charge < -0.3 is 4.42 Å². The number of aryl methyl sites for hydroxylation is 1. The number of carbonyl (C=O) groups is 1. The summed E-state index contributed by atoms with van der Waals surface area (Å²) in [5, 5.41) is 0. The van der Waals surface area contributed by atoms with Gasteiger partial charge in [0.1, 0.15) is 17.3 Å². The average molecular weight is 214 g/mol. The van der Waals surface area contributed by atoms with Crippen molar-refractivity contribution >= 4 is 5.78 Å². The smallest absolute Gasteiger partial charge is 0.134 e. The van der Waals surface area contributed by atoms with Crippen LogP contribution >= 0.6 is 0 Å². The number of furan rings is 1. The molecule has 1 aromatic heterocycles. The van der Waals surface area contributed by atoms with Crippen molar-refractivity contribution in [3.05, 3.63) is 47.7 Å². The van der Waals surface area contributed by atoms with E-state index in [1.807, 2.05) is 43.3 Å². The lowest BCUT2D eigenvalue weighted by atomic mass is 10.1. The summed E-state index contributed by atoms with van der Waals surface area (Å²) in [5.41, 5.74) is 2.08. The Balaban J connectivity index is 2.22. The van der Waals surface area contributed by atoms with Crippen LogP contribution in [0.15, 0.2) is 40.8 Å². The highest BCUT2D eigenvalue weighted by atomic mass is 16.3. The summed E-state index contributed by atoms with van der Waals surface area (Å²) >= 11 is 0. The van der Waals surface area contributed by atoms with E-state index < -0.39 is 0 Å².